The van der Waals surface area contributed by atoms with Crippen LogP contribution in [0.4, 0.5) is 5.69 Å². The number of carboxylic acid groups (broad SMARTS) is 1. The normalized spacial score (nSPS) is 12.2. The molecule has 2 N–H and O–H groups in total. The smallest absolute Gasteiger partial charge is 0.303 e. The largest absolute Gasteiger partial charge is 0.481 e. The van der Waals surface area contributed by atoms with Crippen molar-refractivity contribution in [3.63, 3.8) is 0 Å². The Labute approximate surface area is 108 Å². The quantitative estimate of drug-likeness (QED) is 0.777. The van der Waals surface area contributed by atoms with Crippen LogP contribution in [0.1, 0.15) is 25.3 Å². The summed E-state index contributed by atoms with van der Waals surface area (Å²) in [5.41, 5.74) is 2.31. The molecule has 1 aromatic rings. The molecule has 18 heavy (non-hydrogen) atoms. The fourth-order valence-corrected chi connectivity index (χ4v) is 1.79. The Morgan fingerprint density at radius 1 is 1.33 bits per heavy atom. The maximum absolute atomic E-state index is 10.4. The number of nitrogens with zero attached hydrogens (tertiary/aromatic N) is 1. The van der Waals surface area contributed by atoms with Gasteiger partial charge in [0.25, 0.3) is 0 Å². The number of hydrogen-bond donors (Lipinski definition) is 2. The van der Waals surface area contributed by atoms with Crippen molar-refractivity contribution in [2.24, 2.45) is 0 Å². The van der Waals surface area contributed by atoms with Crippen LogP contribution in [0.15, 0.2) is 24.3 Å². The fourth-order valence-electron chi connectivity index (χ4n) is 1.79. The van der Waals surface area contributed by atoms with Crippen LogP contribution in [-0.4, -0.2) is 35.9 Å². The van der Waals surface area contributed by atoms with E-state index in [1.54, 1.807) is 0 Å². The van der Waals surface area contributed by atoms with Crippen molar-refractivity contribution in [1.29, 1.82) is 0 Å². The van der Waals surface area contributed by atoms with E-state index in [0.717, 1.165) is 12.1 Å². The van der Waals surface area contributed by atoms with Crippen molar-refractivity contribution in [2.45, 2.75) is 32.3 Å². The Hall–Kier alpha value is -1.55. The van der Waals surface area contributed by atoms with E-state index in [9.17, 15) is 9.90 Å². The molecule has 0 radical (unpaired) electrons. The second-order valence-corrected chi connectivity index (χ2v) is 4.49. The number of aliphatic hydroxyl groups is 1. The number of aliphatic carboxylic acids is 1. The van der Waals surface area contributed by atoms with Crippen LogP contribution < -0.4 is 4.90 Å². The SMILES string of the molecule is CCc1ccc(N(C)CC(O)CCC(=O)O)cc1. The minimum absolute atomic E-state index is 0.00375. The first-order valence-corrected chi connectivity index (χ1v) is 6.23. The standard InChI is InChI=1S/C14H21NO3/c1-3-11-4-6-12(7-5-11)15(2)10-13(16)8-9-14(17)18/h4-7,13,16H,3,8-10H2,1-2H3,(H,17,18). The summed E-state index contributed by atoms with van der Waals surface area (Å²) in [5, 5.41) is 18.3. The van der Waals surface area contributed by atoms with Crippen molar-refractivity contribution >= 4 is 11.7 Å². The third kappa shape index (κ3) is 4.75. The van der Waals surface area contributed by atoms with Gasteiger partial charge >= 0.3 is 5.97 Å². The van der Waals surface area contributed by atoms with E-state index in [-0.39, 0.29) is 12.8 Å². The van der Waals surface area contributed by atoms with Crippen molar-refractivity contribution in [3.05, 3.63) is 29.8 Å². The van der Waals surface area contributed by atoms with Gasteiger partial charge in [-0.3, -0.25) is 4.79 Å². The molecular weight excluding hydrogens is 230 g/mol. The molecule has 4 heteroatoms. The summed E-state index contributed by atoms with van der Waals surface area (Å²) >= 11 is 0. The van der Waals surface area contributed by atoms with E-state index < -0.39 is 12.1 Å². The maximum atomic E-state index is 10.4. The molecule has 0 fully saturated rings. The van der Waals surface area contributed by atoms with Gasteiger partial charge in [-0.15, -0.1) is 0 Å². The van der Waals surface area contributed by atoms with Crippen molar-refractivity contribution in [3.8, 4) is 0 Å². The number of likely N-dealkylation sites (N-methyl/N-ethyl adjacent to an activating group) is 1. The Balaban J connectivity index is 2.47. The molecule has 0 spiro atoms. The highest BCUT2D eigenvalue weighted by atomic mass is 16.4. The monoisotopic (exact) mass is 251 g/mol. The van der Waals surface area contributed by atoms with E-state index in [0.29, 0.717) is 6.54 Å². The second kappa shape index (κ2) is 7.01. The lowest BCUT2D eigenvalue weighted by atomic mass is 10.1. The van der Waals surface area contributed by atoms with Crippen LogP contribution in [0.5, 0.6) is 0 Å². The summed E-state index contributed by atoms with van der Waals surface area (Å²) in [7, 11) is 1.89. The van der Waals surface area contributed by atoms with E-state index >= 15 is 0 Å². The first kappa shape index (κ1) is 14.5. The molecule has 0 saturated carbocycles. The van der Waals surface area contributed by atoms with Crippen LogP contribution in [0.3, 0.4) is 0 Å². The summed E-state index contributed by atoms with van der Waals surface area (Å²) in [6.07, 6.45) is 0.679. The molecule has 0 aliphatic carbocycles. The Bertz CT molecular complexity index is 375. The Morgan fingerprint density at radius 2 is 1.94 bits per heavy atom. The highest BCUT2D eigenvalue weighted by Crippen LogP contribution is 2.15. The summed E-state index contributed by atoms with van der Waals surface area (Å²) in [4.78, 5) is 12.3. The number of carbonyl (C=O) groups is 1. The third-order valence-corrected chi connectivity index (χ3v) is 2.96. The number of rotatable bonds is 7. The zero-order valence-corrected chi connectivity index (χ0v) is 11.0. The predicted molar refractivity (Wildman–Crippen MR) is 72.0 cm³/mol. The summed E-state index contributed by atoms with van der Waals surface area (Å²) in [6, 6.07) is 8.16. The third-order valence-electron chi connectivity index (χ3n) is 2.96. The van der Waals surface area contributed by atoms with E-state index in [2.05, 4.69) is 19.1 Å². The highest BCUT2D eigenvalue weighted by Gasteiger charge is 2.10. The average Bonchev–Trinajstić information content (AvgIpc) is 2.36. The molecule has 1 rings (SSSR count). The molecule has 0 bridgehead atoms. The minimum Gasteiger partial charge on any atom is -0.481 e. The van der Waals surface area contributed by atoms with Crippen LogP contribution in [0, 0.1) is 0 Å². The highest BCUT2D eigenvalue weighted by molar-refractivity contribution is 5.66. The molecule has 0 aliphatic heterocycles. The van der Waals surface area contributed by atoms with Gasteiger partial charge in [0.15, 0.2) is 0 Å². The molecule has 0 aliphatic rings. The average molecular weight is 251 g/mol. The molecule has 1 atom stereocenters. The van der Waals surface area contributed by atoms with Gasteiger partial charge in [0.2, 0.25) is 0 Å². The number of hydrogen-bond acceptors (Lipinski definition) is 3. The molecule has 0 aromatic heterocycles. The molecular formula is C14H21NO3. The van der Waals surface area contributed by atoms with Gasteiger partial charge in [-0.25, -0.2) is 0 Å². The topological polar surface area (TPSA) is 60.8 Å². The zero-order valence-electron chi connectivity index (χ0n) is 11.0. The van der Waals surface area contributed by atoms with Crippen LogP contribution in [-0.2, 0) is 11.2 Å². The van der Waals surface area contributed by atoms with Crippen LogP contribution in [0.25, 0.3) is 0 Å². The first-order valence-electron chi connectivity index (χ1n) is 6.23. The van der Waals surface area contributed by atoms with E-state index in [1.165, 1.54) is 5.56 Å². The van der Waals surface area contributed by atoms with E-state index in [1.807, 2.05) is 24.1 Å². The number of carboxylic acids is 1. The van der Waals surface area contributed by atoms with Gasteiger partial charge in [-0.05, 0) is 30.5 Å². The molecule has 1 aromatic carbocycles. The Morgan fingerprint density at radius 3 is 2.44 bits per heavy atom. The van der Waals surface area contributed by atoms with Gasteiger partial charge < -0.3 is 15.1 Å². The number of benzene rings is 1. The zero-order chi connectivity index (χ0) is 13.5. The van der Waals surface area contributed by atoms with Crippen molar-refractivity contribution in [1.82, 2.24) is 0 Å². The second-order valence-electron chi connectivity index (χ2n) is 4.49. The van der Waals surface area contributed by atoms with E-state index in [4.69, 9.17) is 5.11 Å². The van der Waals surface area contributed by atoms with Crippen LogP contribution >= 0.6 is 0 Å². The summed E-state index contributed by atoms with van der Waals surface area (Å²) in [5.74, 6) is -0.871. The van der Waals surface area contributed by atoms with Gasteiger partial charge in [-0.2, -0.15) is 0 Å². The first-order chi connectivity index (χ1) is 8.52. The minimum atomic E-state index is -0.871. The Kier molecular flexibility index (Phi) is 5.65. The van der Waals surface area contributed by atoms with Crippen LogP contribution in [0.2, 0.25) is 0 Å². The molecule has 1 unspecified atom stereocenters. The number of aryl methyl sites for hydroxylation is 1. The summed E-state index contributed by atoms with van der Waals surface area (Å²) < 4.78 is 0. The predicted octanol–water partition coefficient (Wildman–Crippen LogP) is 1.91. The fraction of sp³-hybridized carbons (Fsp3) is 0.500. The van der Waals surface area contributed by atoms with Gasteiger partial charge in [0.1, 0.15) is 0 Å². The van der Waals surface area contributed by atoms with Gasteiger partial charge in [-0.1, -0.05) is 19.1 Å². The number of anilines is 1. The number of aliphatic hydroxyl groups excluding tert-OH is 1. The lowest BCUT2D eigenvalue weighted by molar-refractivity contribution is -0.137. The van der Waals surface area contributed by atoms with Crippen molar-refractivity contribution in [2.75, 3.05) is 18.5 Å². The molecule has 0 heterocycles. The molecule has 4 nitrogen and oxygen atoms in total. The molecule has 100 valence electrons. The molecule has 0 amide bonds. The summed E-state index contributed by atoms with van der Waals surface area (Å²) in [6.45, 7) is 2.55. The van der Waals surface area contributed by atoms with Gasteiger partial charge in [0, 0.05) is 25.7 Å². The maximum Gasteiger partial charge on any atom is 0.303 e. The van der Waals surface area contributed by atoms with Crippen molar-refractivity contribution < 1.29 is 15.0 Å². The lowest BCUT2D eigenvalue weighted by Crippen LogP contribution is -2.29. The van der Waals surface area contributed by atoms with Gasteiger partial charge in [0.05, 0.1) is 6.10 Å². The molecule has 0 saturated heterocycles. The lowest BCUT2D eigenvalue weighted by Gasteiger charge is -2.22.